The highest BCUT2D eigenvalue weighted by atomic mass is 127. The minimum absolute atomic E-state index is 0.980. The molecule has 0 fully saturated rings. The van der Waals surface area contributed by atoms with E-state index in [1.165, 1.54) is 9.13 Å². The number of hydrogen-bond acceptors (Lipinski definition) is 2. The number of nitrogen functional groups attached to an aromatic ring is 1. The second kappa shape index (κ2) is 3.92. The van der Waals surface area contributed by atoms with E-state index < -0.39 is 0 Å². The van der Waals surface area contributed by atoms with Crippen molar-refractivity contribution in [1.82, 2.24) is 0 Å². The Labute approximate surface area is 80.3 Å². The van der Waals surface area contributed by atoms with Crippen molar-refractivity contribution in [1.29, 1.82) is 0 Å². The summed E-state index contributed by atoms with van der Waals surface area (Å²) in [6, 6.07) is 6.23. The molecule has 0 radical (unpaired) electrons. The van der Waals surface area contributed by atoms with Crippen LogP contribution in [0.4, 0.5) is 5.69 Å². The molecule has 0 aliphatic carbocycles. The predicted octanol–water partition coefficient (Wildman–Crippen LogP) is 2.14. The maximum Gasteiger partial charge on any atom is 0.0498 e. The number of benzene rings is 1. The van der Waals surface area contributed by atoms with Crippen LogP contribution in [0.5, 0.6) is 0 Å². The van der Waals surface area contributed by atoms with Crippen LogP contribution in [0.3, 0.4) is 0 Å². The number of hydrogen-bond donors (Lipinski definition) is 2. The van der Waals surface area contributed by atoms with Crippen molar-refractivity contribution in [2.24, 2.45) is 5.84 Å². The molecule has 0 saturated heterocycles. The summed E-state index contributed by atoms with van der Waals surface area (Å²) in [6.07, 6.45) is 1.05. The smallest absolute Gasteiger partial charge is 0.0498 e. The zero-order valence-electron chi connectivity index (χ0n) is 6.39. The molecule has 0 aliphatic heterocycles. The highest BCUT2D eigenvalue weighted by molar-refractivity contribution is 14.1. The molecule has 0 atom stereocenters. The van der Waals surface area contributed by atoms with Gasteiger partial charge in [0.05, 0.1) is 0 Å². The molecule has 1 aromatic carbocycles. The molecule has 60 valence electrons. The molecule has 0 amide bonds. The second-order valence-corrected chi connectivity index (χ2v) is 3.59. The fourth-order valence-corrected chi connectivity index (χ4v) is 1.67. The largest absolute Gasteiger partial charge is 0.324 e. The van der Waals surface area contributed by atoms with Crippen LogP contribution in [0.1, 0.15) is 12.5 Å². The lowest BCUT2D eigenvalue weighted by molar-refractivity contribution is 1.13. The van der Waals surface area contributed by atoms with Crippen LogP contribution >= 0.6 is 22.6 Å². The van der Waals surface area contributed by atoms with Crippen LogP contribution in [0.25, 0.3) is 0 Å². The molecule has 2 nitrogen and oxygen atoms in total. The van der Waals surface area contributed by atoms with Gasteiger partial charge >= 0.3 is 0 Å². The molecule has 0 aliphatic rings. The van der Waals surface area contributed by atoms with E-state index in [4.69, 9.17) is 5.84 Å². The number of hydrazine groups is 1. The highest BCUT2D eigenvalue weighted by Crippen LogP contribution is 2.15. The third-order valence-corrected chi connectivity index (χ3v) is 2.16. The lowest BCUT2D eigenvalue weighted by atomic mass is 10.1. The number of anilines is 1. The van der Waals surface area contributed by atoms with Crippen molar-refractivity contribution in [3.8, 4) is 0 Å². The summed E-state index contributed by atoms with van der Waals surface area (Å²) in [5, 5.41) is 0. The molecule has 0 spiro atoms. The van der Waals surface area contributed by atoms with Gasteiger partial charge in [0.2, 0.25) is 0 Å². The zero-order chi connectivity index (χ0) is 8.27. The first kappa shape index (κ1) is 8.80. The van der Waals surface area contributed by atoms with E-state index in [2.05, 4.69) is 47.1 Å². The Morgan fingerprint density at radius 3 is 2.73 bits per heavy atom. The van der Waals surface area contributed by atoms with Gasteiger partial charge in [-0.3, -0.25) is 5.84 Å². The van der Waals surface area contributed by atoms with Gasteiger partial charge in [0.25, 0.3) is 0 Å². The Kier molecular flexibility index (Phi) is 3.14. The topological polar surface area (TPSA) is 38.0 Å². The number of aryl methyl sites for hydroxylation is 1. The quantitative estimate of drug-likeness (QED) is 0.487. The molecule has 11 heavy (non-hydrogen) atoms. The van der Waals surface area contributed by atoms with Crippen LogP contribution in [0, 0.1) is 3.57 Å². The van der Waals surface area contributed by atoms with Crippen LogP contribution < -0.4 is 11.3 Å². The molecule has 0 saturated carbocycles. The molecule has 1 aromatic rings. The van der Waals surface area contributed by atoms with Gasteiger partial charge in [0.15, 0.2) is 0 Å². The maximum absolute atomic E-state index is 5.29. The third-order valence-electron chi connectivity index (χ3n) is 1.53. The van der Waals surface area contributed by atoms with Crippen molar-refractivity contribution in [2.75, 3.05) is 5.43 Å². The fraction of sp³-hybridized carbons (Fsp3) is 0.250. The summed E-state index contributed by atoms with van der Waals surface area (Å²) in [5.41, 5.74) is 4.93. The van der Waals surface area contributed by atoms with Gasteiger partial charge in [-0.1, -0.05) is 6.92 Å². The monoisotopic (exact) mass is 262 g/mol. The molecule has 3 heteroatoms. The highest BCUT2D eigenvalue weighted by Gasteiger charge is 1.95. The van der Waals surface area contributed by atoms with E-state index in [9.17, 15) is 0 Å². The summed E-state index contributed by atoms with van der Waals surface area (Å²) in [6.45, 7) is 2.13. The molecular formula is C8H11IN2. The number of nitrogens with one attached hydrogen (secondary N) is 1. The summed E-state index contributed by atoms with van der Waals surface area (Å²) >= 11 is 2.28. The summed E-state index contributed by atoms with van der Waals surface area (Å²) < 4.78 is 1.22. The summed E-state index contributed by atoms with van der Waals surface area (Å²) in [7, 11) is 0. The van der Waals surface area contributed by atoms with Crippen molar-refractivity contribution in [2.45, 2.75) is 13.3 Å². The Morgan fingerprint density at radius 1 is 1.45 bits per heavy atom. The number of halogens is 1. The summed E-state index contributed by atoms with van der Waals surface area (Å²) in [5.74, 6) is 5.29. The molecule has 1 rings (SSSR count). The predicted molar refractivity (Wildman–Crippen MR) is 56.3 cm³/mol. The number of nitrogens with two attached hydrogens (primary N) is 1. The minimum atomic E-state index is 0.980. The first-order valence-corrected chi connectivity index (χ1v) is 4.60. The minimum Gasteiger partial charge on any atom is -0.324 e. The Morgan fingerprint density at radius 2 is 2.18 bits per heavy atom. The molecule has 0 heterocycles. The van der Waals surface area contributed by atoms with Crippen LogP contribution in [-0.4, -0.2) is 0 Å². The van der Waals surface area contributed by atoms with E-state index >= 15 is 0 Å². The second-order valence-electron chi connectivity index (χ2n) is 2.35. The fourth-order valence-electron chi connectivity index (χ4n) is 0.938. The van der Waals surface area contributed by atoms with E-state index in [-0.39, 0.29) is 0 Å². The zero-order valence-corrected chi connectivity index (χ0v) is 8.55. The van der Waals surface area contributed by atoms with Gasteiger partial charge in [-0.15, -0.1) is 0 Å². The average molecular weight is 262 g/mol. The molecule has 0 unspecified atom stereocenters. The molecule has 0 aromatic heterocycles. The number of rotatable bonds is 2. The van der Waals surface area contributed by atoms with E-state index in [1.54, 1.807) is 0 Å². The van der Waals surface area contributed by atoms with Gasteiger partial charge in [0.1, 0.15) is 0 Å². The standard InChI is InChI=1S/C8H11IN2/c1-2-6-3-7(9)5-8(4-6)11-10/h3-5,11H,2,10H2,1H3. The van der Waals surface area contributed by atoms with E-state index in [0.717, 1.165) is 12.1 Å². The van der Waals surface area contributed by atoms with Gasteiger partial charge < -0.3 is 5.43 Å². The van der Waals surface area contributed by atoms with Crippen LogP contribution in [0.2, 0.25) is 0 Å². The van der Waals surface area contributed by atoms with E-state index in [1.807, 2.05) is 6.07 Å². The SMILES string of the molecule is CCc1cc(I)cc(NN)c1. The third kappa shape index (κ3) is 2.34. The Hall–Kier alpha value is -0.290. The van der Waals surface area contributed by atoms with Crippen molar-refractivity contribution in [3.05, 3.63) is 27.3 Å². The molecule has 0 bridgehead atoms. The van der Waals surface area contributed by atoms with Gasteiger partial charge in [0, 0.05) is 9.26 Å². The first-order valence-electron chi connectivity index (χ1n) is 3.52. The molecular weight excluding hydrogens is 251 g/mol. The lowest BCUT2D eigenvalue weighted by Crippen LogP contribution is -2.07. The Balaban J connectivity index is 3.02. The van der Waals surface area contributed by atoms with Crippen molar-refractivity contribution >= 4 is 28.3 Å². The van der Waals surface area contributed by atoms with Gasteiger partial charge in [-0.2, -0.15) is 0 Å². The average Bonchev–Trinajstić information content (AvgIpc) is 2.03. The lowest BCUT2D eigenvalue weighted by Gasteiger charge is -2.03. The normalized spacial score (nSPS) is 9.73. The van der Waals surface area contributed by atoms with Crippen LogP contribution in [-0.2, 0) is 6.42 Å². The van der Waals surface area contributed by atoms with Crippen molar-refractivity contribution < 1.29 is 0 Å². The molecule has 3 N–H and O–H groups in total. The maximum atomic E-state index is 5.29. The van der Waals surface area contributed by atoms with Gasteiger partial charge in [-0.25, -0.2) is 0 Å². The van der Waals surface area contributed by atoms with E-state index in [0.29, 0.717) is 0 Å². The Bertz CT molecular complexity index is 226. The van der Waals surface area contributed by atoms with Crippen LogP contribution in [0.15, 0.2) is 18.2 Å². The summed E-state index contributed by atoms with van der Waals surface area (Å²) in [4.78, 5) is 0. The first-order chi connectivity index (χ1) is 5.26. The van der Waals surface area contributed by atoms with Gasteiger partial charge in [-0.05, 0) is 52.8 Å². The van der Waals surface area contributed by atoms with Crippen molar-refractivity contribution in [3.63, 3.8) is 0 Å².